The molecule has 1 fully saturated rings. The molecule has 2 heterocycles. The summed E-state index contributed by atoms with van der Waals surface area (Å²) >= 11 is 5.96. The quantitative estimate of drug-likeness (QED) is 0.389. The average Bonchev–Trinajstić information content (AvgIpc) is 3.00. The number of aromatic hydroxyl groups is 1. The molecule has 0 saturated carbocycles. The van der Waals surface area contributed by atoms with Crippen LogP contribution in [0.25, 0.3) is 5.76 Å². The van der Waals surface area contributed by atoms with Crippen LogP contribution in [0.5, 0.6) is 5.75 Å². The number of phenols is 1. The SMILES string of the molecule is O=C1C(=O)N(c2ccc(Cl)cc2)C(c2cccc(O)c2)/C1=C(/O)c1ccncc1. The molecule has 2 N–H and O–H groups in total. The first-order valence-electron chi connectivity index (χ1n) is 8.73. The molecule has 1 atom stereocenters. The maximum atomic E-state index is 12.9. The maximum Gasteiger partial charge on any atom is 0.300 e. The highest BCUT2D eigenvalue weighted by molar-refractivity contribution is 6.51. The van der Waals surface area contributed by atoms with Crippen LogP contribution in [0.4, 0.5) is 5.69 Å². The molecule has 1 aromatic heterocycles. The lowest BCUT2D eigenvalue weighted by molar-refractivity contribution is -0.132. The smallest absolute Gasteiger partial charge is 0.300 e. The second-order valence-electron chi connectivity index (χ2n) is 6.48. The summed E-state index contributed by atoms with van der Waals surface area (Å²) in [5.41, 5.74) is 1.22. The van der Waals surface area contributed by atoms with Crippen LogP contribution in [0.2, 0.25) is 5.02 Å². The van der Waals surface area contributed by atoms with Crippen LogP contribution in [0.1, 0.15) is 17.2 Å². The molecule has 144 valence electrons. The number of carbonyl (C=O) groups excluding carboxylic acids is 2. The molecule has 7 heteroatoms. The fourth-order valence-electron chi connectivity index (χ4n) is 3.38. The Balaban J connectivity index is 1.96. The van der Waals surface area contributed by atoms with Crippen LogP contribution in [0.3, 0.4) is 0 Å². The third-order valence-corrected chi connectivity index (χ3v) is 4.94. The lowest BCUT2D eigenvalue weighted by Gasteiger charge is -2.25. The van der Waals surface area contributed by atoms with E-state index in [4.69, 9.17) is 11.6 Å². The Kier molecular flexibility index (Phi) is 4.78. The molecule has 6 nitrogen and oxygen atoms in total. The number of hydrogen-bond acceptors (Lipinski definition) is 5. The molecule has 1 aliphatic rings. The zero-order valence-corrected chi connectivity index (χ0v) is 15.7. The highest BCUT2D eigenvalue weighted by Crippen LogP contribution is 2.42. The van der Waals surface area contributed by atoms with E-state index in [9.17, 15) is 19.8 Å². The first kappa shape index (κ1) is 18.7. The Hall–Kier alpha value is -3.64. The number of nitrogens with zero attached hydrogens (tertiary/aromatic N) is 2. The molecule has 3 aromatic rings. The van der Waals surface area contributed by atoms with Gasteiger partial charge in [-0.15, -0.1) is 0 Å². The van der Waals surface area contributed by atoms with Gasteiger partial charge in [-0.05, 0) is 54.1 Å². The van der Waals surface area contributed by atoms with Crippen molar-refractivity contribution >= 4 is 34.7 Å². The fraction of sp³-hybridized carbons (Fsp3) is 0.0455. The number of aliphatic hydroxyl groups is 1. The molecular weight excluding hydrogens is 392 g/mol. The second-order valence-corrected chi connectivity index (χ2v) is 6.91. The summed E-state index contributed by atoms with van der Waals surface area (Å²) in [6.45, 7) is 0. The van der Waals surface area contributed by atoms with Crippen molar-refractivity contribution in [3.05, 3.63) is 94.8 Å². The van der Waals surface area contributed by atoms with E-state index in [1.807, 2.05) is 0 Å². The van der Waals surface area contributed by atoms with Gasteiger partial charge in [0.1, 0.15) is 11.5 Å². The number of amides is 1. The Labute approximate surface area is 171 Å². The van der Waals surface area contributed by atoms with Crippen molar-refractivity contribution in [2.24, 2.45) is 0 Å². The van der Waals surface area contributed by atoms with Crippen LogP contribution in [-0.2, 0) is 9.59 Å². The Morgan fingerprint density at radius 1 is 1.00 bits per heavy atom. The van der Waals surface area contributed by atoms with Gasteiger partial charge in [0.05, 0.1) is 11.6 Å². The number of aliphatic hydroxyl groups excluding tert-OH is 1. The van der Waals surface area contributed by atoms with Gasteiger partial charge in [0.25, 0.3) is 11.7 Å². The number of benzene rings is 2. The van der Waals surface area contributed by atoms with Gasteiger partial charge < -0.3 is 10.2 Å². The highest BCUT2D eigenvalue weighted by atomic mass is 35.5. The molecule has 4 rings (SSSR count). The van der Waals surface area contributed by atoms with Gasteiger partial charge in [0.15, 0.2) is 0 Å². The number of aromatic nitrogens is 1. The third kappa shape index (κ3) is 3.34. The summed E-state index contributed by atoms with van der Waals surface area (Å²) in [6, 6.07) is 14.9. The topological polar surface area (TPSA) is 90.7 Å². The van der Waals surface area contributed by atoms with Gasteiger partial charge in [-0.2, -0.15) is 0 Å². The molecule has 0 aliphatic carbocycles. The summed E-state index contributed by atoms with van der Waals surface area (Å²) in [4.78, 5) is 31.1. The minimum atomic E-state index is -0.920. The number of halogens is 1. The monoisotopic (exact) mass is 406 g/mol. The highest BCUT2D eigenvalue weighted by Gasteiger charge is 2.47. The van der Waals surface area contributed by atoms with E-state index in [1.54, 1.807) is 48.5 Å². The Morgan fingerprint density at radius 2 is 1.69 bits per heavy atom. The van der Waals surface area contributed by atoms with Gasteiger partial charge in [0, 0.05) is 28.7 Å². The largest absolute Gasteiger partial charge is 0.508 e. The number of rotatable bonds is 3. The number of phenolic OH excluding ortho intramolecular Hbond substituents is 1. The Bertz CT molecular complexity index is 1130. The zero-order valence-electron chi connectivity index (χ0n) is 15.0. The summed E-state index contributed by atoms with van der Waals surface area (Å²) in [7, 11) is 0. The molecule has 0 spiro atoms. The van der Waals surface area contributed by atoms with Crippen LogP contribution < -0.4 is 4.90 Å². The molecule has 0 radical (unpaired) electrons. The molecule has 2 aromatic carbocycles. The predicted octanol–water partition coefficient (Wildman–Crippen LogP) is 4.07. The van der Waals surface area contributed by atoms with Crippen molar-refractivity contribution in [2.75, 3.05) is 4.90 Å². The number of anilines is 1. The van der Waals surface area contributed by atoms with Crippen molar-refractivity contribution in [3.63, 3.8) is 0 Å². The lowest BCUT2D eigenvalue weighted by atomic mass is 9.95. The van der Waals surface area contributed by atoms with E-state index in [-0.39, 0.29) is 17.1 Å². The number of pyridine rings is 1. The molecule has 1 amide bonds. The normalized spacial score (nSPS) is 18.2. The summed E-state index contributed by atoms with van der Waals surface area (Å²) < 4.78 is 0. The molecule has 1 saturated heterocycles. The predicted molar refractivity (Wildman–Crippen MR) is 109 cm³/mol. The van der Waals surface area contributed by atoms with Crippen molar-refractivity contribution in [3.8, 4) is 5.75 Å². The number of ketones is 1. The molecule has 29 heavy (non-hydrogen) atoms. The first-order valence-corrected chi connectivity index (χ1v) is 9.11. The lowest BCUT2D eigenvalue weighted by Crippen LogP contribution is -2.29. The van der Waals surface area contributed by atoms with Crippen molar-refractivity contribution in [1.29, 1.82) is 0 Å². The summed E-state index contributed by atoms with van der Waals surface area (Å²) in [5.74, 6) is -1.93. The van der Waals surface area contributed by atoms with Crippen LogP contribution in [-0.4, -0.2) is 26.9 Å². The van der Waals surface area contributed by atoms with Crippen LogP contribution in [0, 0.1) is 0 Å². The zero-order chi connectivity index (χ0) is 20.5. The van der Waals surface area contributed by atoms with E-state index in [0.29, 0.717) is 21.8 Å². The van der Waals surface area contributed by atoms with Gasteiger partial charge in [-0.25, -0.2) is 0 Å². The van der Waals surface area contributed by atoms with Crippen molar-refractivity contribution in [2.45, 2.75) is 6.04 Å². The van der Waals surface area contributed by atoms with Crippen molar-refractivity contribution in [1.82, 2.24) is 4.98 Å². The second kappa shape index (κ2) is 7.41. The molecular formula is C22H15ClN2O4. The van der Waals surface area contributed by atoms with Crippen molar-refractivity contribution < 1.29 is 19.8 Å². The summed E-state index contributed by atoms with van der Waals surface area (Å²) in [5, 5.41) is 21.3. The van der Waals surface area contributed by atoms with Gasteiger partial charge in [-0.1, -0.05) is 23.7 Å². The standard InChI is InChI=1S/C22H15ClN2O4/c23-15-4-6-16(7-5-15)25-19(14-2-1-3-17(26)12-14)18(21(28)22(25)29)20(27)13-8-10-24-11-9-13/h1-12,19,26-27H/b20-18-. The molecule has 1 unspecified atom stereocenters. The van der Waals surface area contributed by atoms with E-state index in [2.05, 4.69) is 4.98 Å². The number of carbonyl (C=O) groups is 2. The van der Waals surface area contributed by atoms with E-state index in [0.717, 1.165) is 0 Å². The minimum absolute atomic E-state index is 0.0203. The van der Waals surface area contributed by atoms with Crippen LogP contribution in [0.15, 0.2) is 78.6 Å². The van der Waals surface area contributed by atoms with Gasteiger partial charge >= 0.3 is 0 Å². The number of hydrogen-bond donors (Lipinski definition) is 2. The van der Waals surface area contributed by atoms with E-state index >= 15 is 0 Å². The van der Waals surface area contributed by atoms with Gasteiger partial charge in [0.2, 0.25) is 0 Å². The molecule has 1 aliphatic heterocycles. The number of Topliss-reactive ketones (excluding diaryl/α,β-unsaturated/α-hetero) is 1. The molecule has 0 bridgehead atoms. The maximum absolute atomic E-state index is 12.9. The minimum Gasteiger partial charge on any atom is -0.508 e. The van der Waals surface area contributed by atoms with E-state index < -0.39 is 17.7 Å². The third-order valence-electron chi connectivity index (χ3n) is 4.69. The van der Waals surface area contributed by atoms with Gasteiger partial charge in [-0.3, -0.25) is 19.5 Å². The van der Waals surface area contributed by atoms with Crippen LogP contribution >= 0.6 is 11.6 Å². The van der Waals surface area contributed by atoms with E-state index in [1.165, 1.54) is 29.4 Å². The first-order chi connectivity index (χ1) is 14.0. The average molecular weight is 407 g/mol. The summed E-state index contributed by atoms with van der Waals surface area (Å²) in [6.07, 6.45) is 2.96. The Morgan fingerprint density at radius 3 is 2.34 bits per heavy atom. The fourth-order valence-corrected chi connectivity index (χ4v) is 3.50.